The Morgan fingerprint density at radius 3 is 1.88 bits per heavy atom. The second-order valence-corrected chi connectivity index (χ2v) is 10.8. The molecule has 2 rings (SSSR count). The first-order chi connectivity index (χ1) is 19.0. The number of hydrogen-bond acceptors (Lipinski definition) is 12. The molecule has 12 nitrogen and oxygen atoms in total. The number of carbonyl (C=O) groups is 5. The maximum Gasteiger partial charge on any atom is 0.307 e. The highest BCUT2D eigenvalue weighted by Gasteiger charge is 2.49. The summed E-state index contributed by atoms with van der Waals surface area (Å²) in [4.78, 5) is 61.1. The molecule has 0 aromatic rings. The van der Waals surface area contributed by atoms with Crippen molar-refractivity contribution in [1.29, 1.82) is 0 Å². The zero-order chi connectivity index (χ0) is 31.2. The van der Waals surface area contributed by atoms with E-state index in [1.54, 1.807) is 19.9 Å². The molecule has 0 amide bonds. The minimum absolute atomic E-state index is 0.0864. The minimum Gasteiger partial charge on any atom is -0.458 e. The maximum absolute atomic E-state index is 12.4. The molecule has 0 unspecified atom stereocenters. The Balaban J connectivity index is 3.05. The van der Waals surface area contributed by atoms with Crippen LogP contribution in [0, 0.1) is 11.3 Å². The van der Waals surface area contributed by atoms with Crippen LogP contribution >= 0.6 is 0 Å². The fourth-order valence-corrected chi connectivity index (χ4v) is 5.36. The largest absolute Gasteiger partial charge is 0.458 e. The summed E-state index contributed by atoms with van der Waals surface area (Å²) < 4.78 is 28.0. The van der Waals surface area contributed by atoms with Crippen LogP contribution in [0.2, 0.25) is 0 Å². The van der Waals surface area contributed by atoms with Crippen molar-refractivity contribution in [2.75, 3.05) is 6.61 Å². The number of aliphatic hydroxyl groups is 2. The monoisotopic (exact) mass is 580 g/mol. The van der Waals surface area contributed by atoms with Gasteiger partial charge in [-0.1, -0.05) is 13.8 Å². The van der Waals surface area contributed by atoms with Gasteiger partial charge < -0.3 is 33.9 Å². The SMILES string of the molecule is CC(=O)O/C1=C(/C)[C@@H](OC(C)=O)C[C@@H](O)/C(CO)=C/[C@H](OC(C)=O)[C@@H]2C[C@H](OC(C)=O)C=C([C@H]1OC(C)=O)C2(C)C. The summed E-state index contributed by atoms with van der Waals surface area (Å²) >= 11 is 0. The van der Waals surface area contributed by atoms with E-state index in [0.29, 0.717) is 5.57 Å². The van der Waals surface area contributed by atoms with Crippen molar-refractivity contribution in [2.24, 2.45) is 11.3 Å². The number of esters is 5. The van der Waals surface area contributed by atoms with Crippen LogP contribution in [0.5, 0.6) is 0 Å². The number of hydrogen-bond donors (Lipinski definition) is 2. The Morgan fingerprint density at radius 2 is 1.39 bits per heavy atom. The zero-order valence-electron chi connectivity index (χ0n) is 24.7. The molecule has 41 heavy (non-hydrogen) atoms. The molecule has 0 saturated carbocycles. The summed E-state index contributed by atoms with van der Waals surface area (Å²) in [7, 11) is 0. The lowest BCUT2D eigenvalue weighted by atomic mass is 9.62. The lowest BCUT2D eigenvalue weighted by Crippen LogP contribution is -2.47. The zero-order valence-corrected chi connectivity index (χ0v) is 24.7. The average Bonchev–Trinajstić information content (AvgIpc) is 2.82. The maximum atomic E-state index is 12.4. The molecule has 12 heteroatoms. The lowest BCUT2D eigenvalue weighted by molar-refractivity contribution is -0.155. The van der Waals surface area contributed by atoms with Crippen LogP contribution in [-0.4, -0.2) is 77.2 Å². The summed E-state index contributed by atoms with van der Waals surface area (Å²) in [6.45, 7) is 10.4. The molecule has 0 saturated heterocycles. The van der Waals surface area contributed by atoms with Crippen LogP contribution in [-0.2, 0) is 47.7 Å². The van der Waals surface area contributed by atoms with Crippen LogP contribution in [0.1, 0.15) is 68.2 Å². The molecule has 0 heterocycles. The molecule has 0 fully saturated rings. The molecule has 0 aromatic carbocycles. The molecular weight excluding hydrogens is 540 g/mol. The van der Waals surface area contributed by atoms with Gasteiger partial charge in [0.05, 0.1) is 12.7 Å². The fourth-order valence-electron chi connectivity index (χ4n) is 5.36. The predicted molar refractivity (Wildman–Crippen MR) is 142 cm³/mol. The molecular formula is C29H40O12. The van der Waals surface area contributed by atoms with Gasteiger partial charge in [-0.05, 0) is 42.1 Å². The van der Waals surface area contributed by atoms with Crippen molar-refractivity contribution in [3.05, 3.63) is 34.6 Å². The van der Waals surface area contributed by atoms with E-state index in [0.717, 1.165) is 13.8 Å². The highest BCUT2D eigenvalue weighted by atomic mass is 16.6. The van der Waals surface area contributed by atoms with Gasteiger partial charge in [-0.25, -0.2) is 0 Å². The van der Waals surface area contributed by atoms with Gasteiger partial charge in [-0.2, -0.15) is 0 Å². The summed E-state index contributed by atoms with van der Waals surface area (Å²) in [5.74, 6) is -4.25. The fraction of sp³-hybridized carbons (Fsp3) is 0.621. The van der Waals surface area contributed by atoms with Crippen LogP contribution < -0.4 is 0 Å². The first kappa shape index (κ1) is 33.7. The Bertz CT molecular complexity index is 1140. The molecule has 6 atom stereocenters. The highest BCUT2D eigenvalue weighted by molar-refractivity contribution is 5.70. The first-order valence-electron chi connectivity index (χ1n) is 13.3. The van der Waals surface area contributed by atoms with Crippen LogP contribution in [0.15, 0.2) is 34.6 Å². The van der Waals surface area contributed by atoms with Crippen LogP contribution in [0.25, 0.3) is 0 Å². The Hall–Kier alpha value is -3.51. The third kappa shape index (κ3) is 8.74. The normalized spacial score (nSPS) is 31.1. The van der Waals surface area contributed by atoms with Crippen molar-refractivity contribution in [2.45, 2.75) is 98.8 Å². The van der Waals surface area contributed by atoms with Gasteiger partial charge in [-0.15, -0.1) is 0 Å². The summed E-state index contributed by atoms with van der Waals surface area (Å²) in [6.07, 6.45) is -2.94. The topological polar surface area (TPSA) is 172 Å². The van der Waals surface area contributed by atoms with E-state index < -0.39 is 78.3 Å². The van der Waals surface area contributed by atoms with Crippen LogP contribution in [0.3, 0.4) is 0 Å². The molecule has 2 aliphatic rings. The van der Waals surface area contributed by atoms with Gasteiger partial charge in [0.2, 0.25) is 0 Å². The number of fused-ring (bicyclic) bond motifs is 2. The highest BCUT2D eigenvalue weighted by Crippen LogP contribution is 2.49. The van der Waals surface area contributed by atoms with Crippen molar-refractivity contribution in [3.63, 3.8) is 0 Å². The molecule has 2 aliphatic carbocycles. The van der Waals surface area contributed by atoms with E-state index >= 15 is 0 Å². The molecule has 2 N–H and O–H groups in total. The van der Waals surface area contributed by atoms with Gasteiger partial charge in [0.25, 0.3) is 0 Å². The van der Waals surface area contributed by atoms with Gasteiger partial charge in [0, 0.05) is 52.5 Å². The molecule has 228 valence electrons. The van der Waals surface area contributed by atoms with Crippen molar-refractivity contribution < 1.29 is 57.9 Å². The molecule has 0 aliphatic heterocycles. The van der Waals surface area contributed by atoms with E-state index in [9.17, 15) is 34.2 Å². The van der Waals surface area contributed by atoms with Gasteiger partial charge in [0.15, 0.2) is 11.9 Å². The smallest absolute Gasteiger partial charge is 0.307 e. The summed E-state index contributed by atoms with van der Waals surface area (Å²) in [6, 6.07) is 0. The van der Waals surface area contributed by atoms with E-state index in [1.807, 2.05) is 0 Å². The Labute approximate surface area is 239 Å². The minimum atomic E-state index is -1.39. The lowest BCUT2D eigenvalue weighted by Gasteiger charge is -2.47. The van der Waals surface area contributed by atoms with E-state index in [1.165, 1.54) is 33.8 Å². The average molecular weight is 581 g/mol. The second kappa shape index (κ2) is 13.9. The van der Waals surface area contributed by atoms with Crippen molar-refractivity contribution >= 4 is 29.8 Å². The third-order valence-corrected chi connectivity index (χ3v) is 7.20. The quantitative estimate of drug-likeness (QED) is 0.267. The summed E-state index contributed by atoms with van der Waals surface area (Å²) in [5, 5.41) is 21.3. The van der Waals surface area contributed by atoms with E-state index in [4.69, 9.17) is 23.7 Å². The van der Waals surface area contributed by atoms with E-state index in [-0.39, 0.29) is 29.7 Å². The molecule has 0 aromatic heterocycles. The number of carbonyl (C=O) groups excluding carboxylic acids is 5. The van der Waals surface area contributed by atoms with Crippen LogP contribution in [0.4, 0.5) is 0 Å². The number of ether oxygens (including phenoxy) is 5. The Kier molecular flexibility index (Phi) is 11.4. The number of rotatable bonds is 6. The Morgan fingerprint density at radius 1 is 0.829 bits per heavy atom. The second-order valence-electron chi connectivity index (χ2n) is 10.8. The third-order valence-electron chi connectivity index (χ3n) is 7.20. The molecule has 2 bridgehead atoms. The standard InChI is InChI=1S/C29H40O12/c1-14-25(38-16(3)32)12-24(36)20(13-30)9-26(39-17(4)33)22-10-21(37-15(2)31)11-23(29(22,7)8)28(41-19(6)35)27(14)40-18(5)34/h9,11,21-22,24-26,28,30,36H,10,12-13H2,1-8H3/b20-9+,27-14-/t21-,22-,24+,25-,26-,28+/m0/s1. The van der Waals surface area contributed by atoms with Gasteiger partial charge in [0.1, 0.15) is 18.3 Å². The van der Waals surface area contributed by atoms with Crippen molar-refractivity contribution in [3.8, 4) is 0 Å². The number of aliphatic hydroxyl groups excluding tert-OH is 2. The summed E-state index contributed by atoms with van der Waals surface area (Å²) in [5.41, 5.74) is -0.383. The van der Waals surface area contributed by atoms with E-state index in [2.05, 4.69) is 0 Å². The molecule has 0 radical (unpaired) electrons. The molecule has 0 spiro atoms. The van der Waals surface area contributed by atoms with Crippen molar-refractivity contribution in [1.82, 2.24) is 0 Å². The predicted octanol–water partition coefficient (Wildman–Crippen LogP) is 2.21. The first-order valence-corrected chi connectivity index (χ1v) is 13.3. The van der Waals surface area contributed by atoms with Gasteiger partial charge in [-0.3, -0.25) is 24.0 Å². The van der Waals surface area contributed by atoms with Gasteiger partial charge >= 0.3 is 29.8 Å².